The van der Waals surface area contributed by atoms with E-state index >= 15 is 0 Å². The van der Waals surface area contributed by atoms with E-state index in [9.17, 15) is 19.5 Å². The maximum Gasteiger partial charge on any atom is 0.326 e. The van der Waals surface area contributed by atoms with Gasteiger partial charge >= 0.3 is 5.97 Å². The van der Waals surface area contributed by atoms with E-state index in [0.717, 1.165) is 11.1 Å². The molecule has 8 nitrogen and oxygen atoms in total. The Balaban J connectivity index is 2.15. The molecule has 3 atom stereocenters. The predicted octanol–water partition coefficient (Wildman–Crippen LogP) is 2.25. The van der Waals surface area contributed by atoms with Gasteiger partial charge in [0.15, 0.2) is 0 Å². The van der Waals surface area contributed by atoms with Crippen LogP contribution in [0.4, 0.5) is 0 Å². The summed E-state index contributed by atoms with van der Waals surface area (Å²) < 4.78 is 0. The van der Waals surface area contributed by atoms with Crippen LogP contribution in [0.1, 0.15) is 31.4 Å². The Morgan fingerprint density at radius 3 is 2.24 bits per heavy atom. The van der Waals surface area contributed by atoms with Crippen LogP contribution >= 0.6 is 11.8 Å². The summed E-state index contributed by atoms with van der Waals surface area (Å²) in [4.78, 5) is 42.0. The summed E-state index contributed by atoms with van der Waals surface area (Å²) in [6.07, 6.45) is 5.85. The molecular weight excluding hydrogens is 452 g/mol. The lowest BCUT2D eigenvalue weighted by Crippen LogP contribution is -2.56. The lowest BCUT2D eigenvalue weighted by atomic mass is 10.0. The number of nitrogens with zero attached hydrogens (tertiary/aromatic N) is 1. The number of carboxylic acid groups (broad SMARTS) is 1. The molecule has 0 unspecified atom stereocenters. The molecule has 2 amide bonds. The minimum atomic E-state index is -1.09. The second-order valence-corrected chi connectivity index (χ2v) is 9.38. The molecule has 34 heavy (non-hydrogen) atoms. The van der Waals surface area contributed by atoms with E-state index in [4.69, 9.17) is 0 Å². The molecule has 0 fully saturated rings. The fourth-order valence-electron chi connectivity index (χ4n) is 3.45. The molecule has 2 rings (SSSR count). The van der Waals surface area contributed by atoms with Crippen molar-refractivity contribution in [3.8, 4) is 0 Å². The highest BCUT2D eigenvalue weighted by Gasteiger charge is 2.30. The molecule has 0 spiro atoms. The van der Waals surface area contributed by atoms with Gasteiger partial charge in [-0.3, -0.25) is 14.6 Å². The molecule has 0 aliphatic rings. The molecule has 0 aliphatic carbocycles. The highest BCUT2D eigenvalue weighted by Crippen LogP contribution is 2.09. The van der Waals surface area contributed by atoms with Gasteiger partial charge in [-0.1, -0.05) is 50.2 Å². The first-order valence-corrected chi connectivity index (χ1v) is 12.7. The fourth-order valence-corrected chi connectivity index (χ4v) is 3.92. The topological polar surface area (TPSA) is 120 Å². The first-order valence-electron chi connectivity index (χ1n) is 11.3. The zero-order valence-corrected chi connectivity index (χ0v) is 20.7. The monoisotopic (exact) mass is 486 g/mol. The number of carbonyl (C=O) groups excluding carboxylic acids is 2. The summed E-state index contributed by atoms with van der Waals surface area (Å²) in [5, 5.41) is 18.2. The number of aliphatic carboxylic acids is 1. The number of thioether (sulfide) groups is 1. The Kier molecular flexibility index (Phi) is 11.6. The molecule has 1 aromatic carbocycles. The second kappa shape index (κ2) is 14.4. The van der Waals surface area contributed by atoms with Gasteiger partial charge < -0.3 is 21.1 Å². The van der Waals surface area contributed by atoms with Crippen molar-refractivity contribution < 1.29 is 19.5 Å². The zero-order valence-electron chi connectivity index (χ0n) is 19.9. The Morgan fingerprint density at radius 1 is 0.971 bits per heavy atom. The highest BCUT2D eigenvalue weighted by atomic mass is 32.2. The summed E-state index contributed by atoms with van der Waals surface area (Å²) in [5.74, 6) is -1.36. The van der Waals surface area contributed by atoms with Crippen molar-refractivity contribution >= 4 is 29.5 Å². The Bertz CT molecular complexity index is 912. The minimum absolute atomic E-state index is 0.0366. The Labute approximate surface area is 205 Å². The summed E-state index contributed by atoms with van der Waals surface area (Å²) >= 11 is 1.51. The van der Waals surface area contributed by atoms with Gasteiger partial charge in [-0.25, -0.2) is 4.79 Å². The number of benzene rings is 1. The molecule has 0 radical (unpaired) electrons. The first-order chi connectivity index (χ1) is 16.3. The van der Waals surface area contributed by atoms with E-state index in [1.807, 2.05) is 62.6 Å². The van der Waals surface area contributed by atoms with E-state index in [1.54, 1.807) is 12.4 Å². The molecule has 0 bridgehead atoms. The normalized spacial score (nSPS) is 13.6. The van der Waals surface area contributed by atoms with Crippen LogP contribution in [-0.2, 0) is 27.3 Å². The summed E-state index contributed by atoms with van der Waals surface area (Å²) in [6.45, 7) is 4.31. The SMILES string of the molecule is CSCC[C@H](NC(=O)[C@H](Cc1ccccc1)NC(=O)[C@@H](NCc1cccnc1)C(C)C)C(=O)O. The molecule has 184 valence electrons. The molecule has 4 N–H and O–H groups in total. The molecular formula is C25H34N4O4S. The van der Waals surface area contributed by atoms with Gasteiger partial charge in [0.05, 0.1) is 6.04 Å². The van der Waals surface area contributed by atoms with Crippen LogP contribution in [-0.4, -0.2) is 58.0 Å². The van der Waals surface area contributed by atoms with Crippen molar-refractivity contribution in [2.45, 2.75) is 51.4 Å². The van der Waals surface area contributed by atoms with Crippen LogP contribution in [0, 0.1) is 5.92 Å². The molecule has 2 aromatic rings. The number of carbonyl (C=O) groups is 3. The summed E-state index contributed by atoms with van der Waals surface area (Å²) in [7, 11) is 0. The van der Waals surface area contributed by atoms with Gasteiger partial charge in [-0.05, 0) is 41.5 Å². The van der Waals surface area contributed by atoms with Crippen molar-refractivity contribution in [1.82, 2.24) is 20.9 Å². The van der Waals surface area contributed by atoms with Crippen LogP contribution in [0.3, 0.4) is 0 Å². The van der Waals surface area contributed by atoms with E-state index in [2.05, 4.69) is 20.9 Å². The highest BCUT2D eigenvalue weighted by molar-refractivity contribution is 7.98. The number of rotatable bonds is 14. The zero-order chi connectivity index (χ0) is 24.9. The third kappa shape index (κ3) is 9.15. The van der Waals surface area contributed by atoms with Crippen LogP contribution < -0.4 is 16.0 Å². The third-order valence-corrected chi connectivity index (χ3v) is 5.98. The van der Waals surface area contributed by atoms with Crippen LogP contribution in [0.2, 0.25) is 0 Å². The molecule has 0 saturated carbocycles. The number of pyridine rings is 1. The van der Waals surface area contributed by atoms with E-state index in [0.29, 0.717) is 18.7 Å². The van der Waals surface area contributed by atoms with Gasteiger partial charge in [0, 0.05) is 25.4 Å². The number of amides is 2. The number of nitrogens with one attached hydrogen (secondary N) is 3. The standard InChI is InChI=1S/C25H34N4O4S/c1-17(2)22(27-16-19-10-7-12-26-15-19)24(31)29-21(14-18-8-5-4-6-9-18)23(30)28-20(25(32)33)11-13-34-3/h4-10,12,15,17,20-22,27H,11,13-14,16H2,1-3H3,(H,28,30)(H,29,31)(H,32,33)/t20-,21-,22-/m0/s1. The second-order valence-electron chi connectivity index (χ2n) is 8.40. The van der Waals surface area contributed by atoms with Gasteiger partial charge in [-0.2, -0.15) is 11.8 Å². The maximum absolute atomic E-state index is 13.2. The van der Waals surface area contributed by atoms with Gasteiger partial charge in [0.25, 0.3) is 0 Å². The van der Waals surface area contributed by atoms with E-state index in [1.165, 1.54) is 11.8 Å². The Morgan fingerprint density at radius 2 is 1.65 bits per heavy atom. The first kappa shape index (κ1) is 27.3. The maximum atomic E-state index is 13.2. The third-order valence-electron chi connectivity index (χ3n) is 5.34. The molecule has 0 aliphatic heterocycles. The van der Waals surface area contributed by atoms with Crippen molar-refractivity contribution in [2.24, 2.45) is 5.92 Å². The quantitative estimate of drug-likeness (QED) is 0.323. The van der Waals surface area contributed by atoms with Gasteiger partial charge in [0.2, 0.25) is 11.8 Å². The molecule has 0 saturated heterocycles. The fraction of sp³-hybridized carbons (Fsp3) is 0.440. The molecule has 1 heterocycles. The average molecular weight is 487 g/mol. The minimum Gasteiger partial charge on any atom is -0.480 e. The van der Waals surface area contributed by atoms with Crippen molar-refractivity contribution in [1.29, 1.82) is 0 Å². The van der Waals surface area contributed by atoms with Crippen molar-refractivity contribution in [3.63, 3.8) is 0 Å². The largest absolute Gasteiger partial charge is 0.480 e. The van der Waals surface area contributed by atoms with Crippen molar-refractivity contribution in [3.05, 3.63) is 66.0 Å². The summed E-state index contributed by atoms with van der Waals surface area (Å²) in [6, 6.07) is 10.6. The average Bonchev–Trinajstić information content (AvgIpc) is 2.82. The number of carboxylic acids is 1. The van der Waals surface area contributed by atoms with Gasteiger partial charge in [-0.15, -0.1) is 0 Å². The molecule has 1 aromatic heterocycles. The molecule has 9 heteroatoms. The van der Waals surface area contributed by atoms with Crippen LogP contribution in [0.15, 0.2) is 54.9 Å². The smallest absolute Gasteiger partial charge is 0.326 e. The van der Waals surface area contributed by atoms with Gasteiger partial charge in [0.1, 0.15) is 12.1 Å². The number of aromatic nitrogens is 1. The van der Waals surface area contributed by atoms with E-state index < -0.39 is 30.0 Å². The van der Waals surface area contributed by atoms with Crippen LogP contribution in [0.5, 0.6) is 0 Å². The van der Waals surface area contributed by atoms with Crippen molar-refractivity contribution in [2.75, 3.05) is 12.0 Å². The predicted molar refractivity (Wildman–Crippen MR) is 134 cm³/mol. The number of hydrogen-bond donors (Lipinski definition) is 4. The lowest BCUT2D eigenvalue weighted by molar-refractivity contribution is -0.142. The van der Waals surface area contributed by atoms with E-state index in [-0.39, 0.29) is 18.2 Å². The van der Waals surface area contributed by atoms with Crippen LogP contribution in [0.25, 0.3) is 0 Å². The summed E-state index contributed by atoms with van der Waals surface area (Å²) in [5.41, 5.74) is 1.81. The Hall–Kier alpha value is -2.91. The number of hydrogen-bond acceptors (Lipinski definition) is 6. The lowest BCUT2D eigenvalue weighted by Gasteiger charge is -2.26.